The highest BCUT2D eigenvalue weighted by Crippen LogP contribution is 2.19. The van der Waals surface area contributed by atoms with Gasteiger partial charge in [-0.25, -0.2) is 4.79 Å². The SMILES string of the molecule is CC(C)(C)CCNC(=O)c1sccc1/C=C/C(=O)O. The lowest BCUT2D eigenvalue weighted by Crippen LogP contribution is -2.27. The predicted octanol–water partition coefficient (Wildman–Crippen LogP) is 3.01. The minimum Gasteiger partial charge on any atom is -0.478 e. The lowest BCUT2D eigenvalue weighted by molar-refractivity contribution is -0.131. The number of aliphatic carboxylic acids is 1. The first kappa shape index (κ1) is 15.4. The third-order valence-electron chi connectivity index (χ3n) is 2.47. The fourth-order valence-corrected chi connectivity index (χ4v) is 2.23. The first-order chi connectivity index (χ1) is 8.79. The summed E-state index contributed by atoms with van der Waals surface area (Å²) in [5.74, 6) is -1.17. The predicted molar refractivity (Wildman–Crippen MR) is 77.4 cm³/mol. The Labute approximate surface area is 117 Å². The molecule has 0 atom stereocenters. The van der Waals surface area contributed by atoms with Crippen molar-refractivity contribution < 1.29 is 14.7 Å². The molecule has 0 saturated carbocycles. The van der Waals surface area contributed by atoms with Gasteiger partial charge in [0.05, 0.1) is 4.88 Å². The van der Waals surface area contributed by atoms with Crippen LogP contribution in [0.2, 0.25) is 0 Å². The number of carboxylic acids is 1. The Morgan fingerprint density at radius 1 is 1.42 bits per heavy atom. The van der Waals surface area contributed by atoms with Gasteiger partial charge in [-0.3, -0.25) is 4.79 Å². The van der Waals surface area contributed by atoms with Gasteiger partial charge < -0.3 is 10.4 Å². The second-order valence-electron chi connectivity index (χ2n) is 5.44. The second-order valence-corrected chi connectivity index (χ2v) is 6.36. The maximum absolute atomic E-state index is 12.0. The number of amides is 1. The smallest absolute Gasteiger partial charge is 0.328 e. The van der Waals surface area contributed by atoms with Crippen LogP contribution in [0.25, 0.3) is 6.08 Å². The Hall–Kier alpha value is -1.62. The molecule has 0 aliphatic carbocycles. The molecule has 1 aromatic heterocycles. The Morgan fingerprint density at radius 2 is 2.11 bits per heavy atom. The summed E-state index contributed by atoms with van der Waals surface area (Å²) in [5.41, 5.74) is 0.815. The lowest BCUT2D eigenvalue weighted by atomic mass is 9.92. The molecule has 0 fully saturated rings. The molecule has 1 heterocycles. The van der Waals surface area contributed by atoms with Crippen molar-refractivity contribution in [3.63, 3.8) is 0 Å². The average Bonchev–Trinajstić information content (AvgIpc) is 2.72. The van der Waals surface area contributed by atoms with E-state index >= 15 is 0 Å². The van der Waals surface area contributed by atoms with E-state index in [0.717, 1.165) is 12.5 Å². The molecule has 1 aromatic rings. The molecule has 0 aromatic carbocycles. The Balaban J connectivity index is 2.63. The van der Waals surface area contributed by atoms with Gasteiger partial charge in [-0.05, 0) is 34.9 Å². The van der Waals surface area contributed by atoms with Gasteiger partial charge in [-0.2, -0.15) is 0 Å². The van der Waals surface area contributed by atoms with Crippen LogP contribution in [0.1, 0.15) is 42.4 Å². The van der Waals surface area contributed by atoms with Gasteiger partial charge in [-0.15, -0.1) is 11.3 Å². The number of carbonyl (C=O) groups excluding carboxylic acids is 1. The average molecular weight is 281 g/mol. The van der Waals surface area contributed by atoms with E-state index in [1.165, 1.54) is 17.4 Å². The first-order valence-corrected chi connectivity index (χ1v) is 6.94. The third kappa shape index (κ3) is 5.70. The Bertz CT molecular complexity index is 483. The van der Waals surface area contributed by atoms with Crippen LogP contribution in [0.5, 0.6) is 0 Å². The topological polar surface area (TPSA) is 66.4 Å². The summed E-state index contributed by atoms with van der Waals surface area (Å²) in [5, 5.41) is 13.2. The van der Waals surface area contributed by atoms with Crippen molar-refractivity contribution >= 4 is 29.3 Å². The number of carbonyl (C=O) groups is 2. The second kappa shape index (κ2) is 6.52. The van der Waals surface area contributed by atoms with E-state index in [4.69, 9.17) is 5.11 Å². The molecular formula is C14H19NO3S. The Morgan fingerprint density at radius 3 is 2.68 bits per heavy atom. The number of carboxylic acid groups (broad SMARTS) is 1. The standard InChI is InChI=1S/C14H19NO3S/c1-14(2,3)7-8-15-13(18)12-10(6-9-19-12)4-5-11(16)17/h4-6,9H,7-8H2,1-3H3,(H,15,18)(H,16,17)/b5-4+. The van der Waals surface area contributed by atoms with Gasteiger partial charge >= 0.3 is 5.97 Å². The van der Waals surface area contributed by atoms with E-state index in [9.17, 15) is 9.59 Å². The van der Waals surface area contributed by atoms with Crippen molar-refractivity contribution in [3.05, 3.63) is 28.0 Å². The van der Waals surface area contributed by atoms with Crippen molar-refractivity contribution in [3.8, 4) is 0 Å². The highest BCUT2D eigenvalue weighted by molar-refractivity contribution is 7.12. The fourth-order valence-electron chi connectivity index (χ4n) is 1.43. The van der Waals surface area contributed by atoms with E-state index in [1.807, 2.05) is 0 Å². The largest absolute Gasteiger partial charge is 0.478 e. The van der Waals surface area contributed by atoms with E-state index in [1.54, 1.807) is 11.4 Å². The minimum atomic E-state index is -1.02. The minimum absolute atomic E-state index is 0.149. The molecule has 0 radical (unpaired) electrons. The van der Waals surface area contributed by atoms with Gasteiger partial charge in [0.25, 0.3) is 5.91 Å². The molecule has 1 amide bonds. The van der Waals surface area contributed by atoms with Crippen LogP contribution in [0, 0.1) is 5.41 Å². The maximum atomic E-state index is 12.0. The van der Waals surface area contributed by atoms with E-state index < -0.39 is 5.97 Å². The van der Waals surface area contributed by atoms with Gasteiger partial charge in [0.15, 0.2) is 0 Å². The molecule has 0 unspecified atom stereocenters. The van der Waals surface area contributed by atoms with Crippen LogP contribution in [-0.4, -0.2) is 23.5 Å². The Kier molecular flexibility index (Phi) is 5.30. The van der Waals surface area contributed by atoms with E-state index in [2.05, 4.69) is 26.1 Å². The quantitative estimate of drug-likeness (QED) is 0.815. The molecule has 2 N–H and O–H groups in total. The van der Waals surface area contributed by atoms with E-state index in [0.29, 0.717) is 17.0 Å². The molecule has 1 rings (SSSR count). The highest BCUT2D eigenvalue weighted by Gasteiger charge is 2.14. The molecule has 0 bridgehead atoms. The zero-order chi connectivity index (χ0) is 14.5. The summed E-state index contributed by atoms with van der Waals surface area (Å²) >= 11 is 1.31. The third-order valence-corrected chi connectivity index (χ3v) is 3.40. The number of thiophene rings is 1. The molecule has 5 heteroatoms. The molecule has 4 nitrogen and oxygen atoms in total. The molecule has 104 valence electrons. The van der Waals surface area contributed by atoms with Crippen molar-refractivity contribution in [2.45, 2.75) is 27.2 Å². The van der Waals surface area contributed by atoms with Crippen molar-refractivity contribution in [1.82, 2.24) is 5.32 Å². The summed E-state index contributed by atoms with van der Waals surface area (Å²) < 4.78 is 0. The summed E-state index contributed by atoms with van der Waals surface area (Å²) in [6.45, 7) is 6.96. The maximum Gasteiger partial charge on any atom is 0.328 e. The monoisotopic (exact) mass is 281 g/mol. The molecule has 0 aliphatic heterocycles. The van der Waals surface area contributed by atoms with Gasteiger partial charge in [0.2, 0.25) is 0 Å². The van der Waals surface area contributed by atoms with Crippen LogP contribution in [0.3, 0.4) is 0 Å². The van der Waals surface area contributed by atoms with Crippen molar-refractivity contribution in [2.75, 3.05) is 6.54 Å². The number of hydrogen-bond donors (Lipinski definition) is 2. The zero-order valence-corrected chi connectivity index (χ0v) is 12.2. The number of hydrogen-bond acceptors (Lipinski definition) is 3. The van der Waals surface area contributed by atoms with Gasteiger partial charge in [0, 0.05) is 12.6 Å². The van der Waals surface area contributed by atoms with Crippen LogP contribution in [-0.2, 0) is 4.79 Å². The molecule has 0 saturated heterocycles. The van der Waals surface area contributed by atoms with Crippen LogP contribution < -0.4 is 5.32 Å². The first-order valence-electron chi connectivity index (χ1n) is 6.06. The lowest BCUT2D eigenvalue weighted by Gasteiger charge is -2.17. The van der Waals surface area contributed by atoms with Gasteiger partial charge in [0.1, 0.15) is 0 Å². The summed E-state index contributed by atoms with van der Waals surface area (Å²) in [6, 6.07) is 1.74. The van der Waals surface area contributed by atoms with Gasteiger partial charge in [-0.1, -0.05) is 20.8 Å². The summed E-state index contributed by atoms with van der Waals surface area (Å²) in [4.78, 5) is 23.0. The zero-order valence-electron chi connectivity index (χ0n) is 11.4. The summed E-state index contributed by atoms with van der Waals surface area (Å²) in [6.07, 6.45) is 3.37. The van der Waals surface area contributed by atoms with Crippen LogP contribution in [0.15, 0.2) is 17.5 Å². The van der Waals surface area contributed by atoms with Crippen LogP contribution in [0.4, 0.5) is 0 Å². The normalized spacial score (nSPS) is 11.7. The molecular weight excluding hydrogens is 262 g/mol. The fraction of sp³-hybridized carbons (Fsp3) is 0.429. The van der Waals surface area contributed by atoms with Crippen molar-refractivity contribution in [1.29, 1.82) is 0 Å². The number of rotatable bonds is 5. The highest BCUT2D eigenvalue weighted by atomic mass is 32.1. The number of nitrogens with one attached hydrogen (secondary N) is 1. The van der Waals surface area contributed by atoms with Crippen molar-refractivity contribution in [2.24, 2.45) is 5.41 Å². The molecule has 0 aliphatic rings. The molecule has 19 heavy (non-hydrogen) atoms. The van der Waals surface area contributed by atoms with Crippen LogP contribution >= 0.6 is 11.3 Å². The van der Waals surface area contributed by atoms with E-state index in [-0.39, 0.29) is 11.3 Å². The molecule has 0 spiro atoms. The summed E-state index contributed by atoms with van der Waals surface area (Å²) in [7, 11) is 0.